The van der Waals surface area contributed by atoms with E-state index in [4.69, 9.17) is 4.74 Å². The summed E-state index contributed by atoms with van der Waals surface area (Å²) in [6, 6.07) is 0.653. The molecule has 0 saturated carbocycles. The summed E-state index contributed by atoms with van der Waals surface area (Å²) in [5.41, 5.74) is -0.103. The number of morpholine rings is 1. The van der Waals surface area contributed by atoms with Crippen molar-refractivity contribution in [2.24, 2.45) is 0 Å². The van der Waals surface area contributed by atoms with E-state index in [1.54, 1.807) is 19.0 Å². The molecule has 0 unspecified atom stereocenters. The van der Waals surface area contributed by atoms with E-state index in [9.17, 15) is 4.79 Å². The number of carbonyl (C=O) groups excluding carboxylic acids is 1. The average Bonchev–Trinajstić information content (AvgIpc) is 2.24. The summed E-state index contributed by atoms with van der Waals surface area (Å²) in [5, 5.41) is 0. The fourth-order valence-corrected chi connectivity index (χ4v) is 2.54. The van der Waals surface area contributed by atoms with E-state index < -0.39 is 0 Å². The predicted molar refractivity (Wildman–Crippen MR) is 66.0 cm³/mol. The van der Waals surface area contributed by atoms with Gasteiger partial charge in [-0.2, -0.15) is 0 Å². The third-order valence-electron chi connectivity index (χ3n) is 3.61. The van der Waals surface area contributed by atoms with Gasteiger partial charge in [0, 0.05) is 39.8 Å². The van der Waals surface area contributed by atoms with Crippen LogP contribution in [0.2, 0.25) is 0 Å². The topological polar surface area (TPSA) is 36.0 Å². The molecular weight excluding hydrogens is 218 g/mol. The third kappa shape index (κ3) is 2.40. The zero-order chi connectivity index (χ0) is 12.6. The molecular formula is C12H23N3O2. The van der Waals surface area contributed by atoms with Gasteiger partial charge in [-0.15, -0.1) is 0 Å². The molecule has 0 atom stereocenters. The SMILES string of the molecule is CC(C)N1CC2(CN(C(=O)N(C)C)CCO2)C1. The van der Waals surface area contributed by atoms with Gasteiger partial charge in [-0.25, -0.2) is 4.79 Å². The minimum atomic E-state index is -0.103. The molecule has 0 N–H and O–H groups in total. The Hall–Kier alpha value is -0.810. The van der Waals surface area contributed by atoms with Crippen molar-refractivity contribution in [1.29, 1.82) is 0 Å². The van der Waals surface area contributed by atoms with E-state index in [0.717, 1.165) is 19.6 Å². The molecule has 0 radical (unpaired) electrons. The van der Waals surface area contributed by atoms with Gasteiger partial charge in [0.2, 0.25) is 0 Å². The first-order valence-electron chi connectivity index (χ1n) is 6.28. The standard InChI is InChI=1S/C12H23N3O2/c1-10(2)15-8-12(9-15)7-14(5-6-17-12)11(16)13(3)4/h10H,5-9H2,1-4H3. The van der Waals surface area contributed by atoms with E-state index in [-0.39, 0.29) is 11.6 Å². The van der Waals surface area contributed by atoms with Gasteiger partial charge in [0.1, 0.15) is 5.60 Å². The average molecular weight is 241 g/mol. The summed E-state index contributed by atoms with van der Waals surface area (Å²) >= 11 is 0. The number of likely N-dealkylation sites (tertiary alicyclic amines) is 1. The molecule has 2 aliphatic heterocycles. The van der Waals surface area contributed by atoms with Crippen molar-refractivity contribution < 1.29 is 9.53 Å². The molecule has 1 spiro atoms. The Morgan fingerprint density at radius 2 is 1.94 bits per heavy atom. The van der Waals surface area contributed by atoms with Crippen molar-refractivity contribution in [3.63, 3.8) is 0 Å². The van der Waals surface area contributed by atoms with Crippen LogP contribution >= 0.6 is 0 Å². The zero-order valence-electron chi connectivity index (χ0n) is 11.3. The molecule has 0 aromatic heterocycles. The lowest BCUT2D eigenvalue weighted by molar-refractivity contribution is -0.183. The minimum absolute atomic E-state index is 0.0932. The smallest absolute Gasteiger partial charge is 0.319 e. The van der Waals surface area contributed by atoms with E-state index in [2.05, 4.69) is 18.7 Å². The molecule has 17 heavy (non-hydrogen) atoms. The van der Waals surface area contributed by atoms with Gasteiger partial charge >= 0.3 is 6.03 Å². The number of carbonyl (C=O) groups is 1. The van der Waals surface area contributed by atoms with Crippen molar-refractivity contribution in [2.75, 3.05) is 46.9 Å². The summed E-state index contributed by atoms with van der Waals surface area (Å²) in [7, 11) is 3.59. The largest absolute Gasteiger partial charge is 0.369 e. The molecule has 5 heteroatoms. The predicted octanol–water partition coefficient (Wildman–Crippen LogP) is 0.463. The Bertz CT molecular complexity index is 298. The number of ether oxygens (including phenoxy) is 1. The molecule has 2 rings (SSSR count). The Balaban J connectivity index is 1.93. The maximum absolute atomic E-state index is 11.9. The van der Waals surface area contributed by atoms with Crippen LogP contribution in [0.1, 0.15) is 13.8 Å². The lowest BCUT2D eigenvalue weighted by atomic mass is 9.90. The second kappa shape index (κ2) is 4.46. The van der Waals surface area contributed by atoms with Gasteiger partial charge in [0.15, 0.2) is 0 Å². The lowest BCUT2D eigenvalue weighted by Crippen LogP contribution is -2.72. The molecule has 2 fully saturated rings. The van der Waals surface area contributed by atoms with Crippen LogP contribution in [0.4, 0.5) is 4.79 Å². The maximum Gasteiger partial charge on any atom is 0.319 e. The fourth-order valence-electron chi connectivity index (χ4n) is 2.54. The fraction of sp³-hybridized carbons (Fsp3) is 0.917. The Morgan fingerprint density at radius 3 is 2.47 bits per heavy atom. The number of amides is 2. The van der Waals surface area contributed by atoms with E-state index in [1.165, 1.54) is 0 Å². The Labute approximate surface area is 103 Å². The second-order valence-electron chi connectivity index (χ2n) is 5.63. The maximum atomic E-state index is 11.9. The second-order valence-corrected chi connectivity index (χ2v) is 5.63. The van der Waals surface area contributed by atoms with Crippen LogP contribution < -0.4 is 0 Å². The summed E-state index contributed by atoms with van der Waals surface area (Å²) in [6.07, 6.45) is 0. The number of rotatable bonds is 1. The van der Waals surface area contributed by atoms with Crippen LogP contribution in [0, 0.1) is 0 Å². The molecule has 2 amide bonds. The van der Waals surface area contributed by atoms with Crippen molar-refractivity contribution in [3.8, 4) is 0 Å². The van der Waals surface area contributed by atoms with Crippen LogP contribution in [-0.2, 0) is 4.74 Å². The van der Waals surface area contributed by atoms with Crippen molar-refractivity contribution >= 4 is 6.03 Å². The van der Waals surface area contributed by atoms with Crippen molar-refractivity contribution in [1.82, 2.24) is 14.7 Å². The lowest BCUT2D eigenvalue weighted by Gasteiger charge is -2.55. The molecule has 2 heterocycles. The molecule has 98 valence electrons. The summed E-state index contributed by atoms with van der Waals surface area (Å²) in [6.45, 7) is 8.37. The molecule has 2 aliphatic rings. The highest BCUT2D eigenvalue weighted by Crippen LogP contribution is 2.30. The van der Waals surface area contributed by atoms with Gasteiger partial charge in [-0.3, -0.25) is 4.90 Å². The Kier molecular flexibility index (Phi) is 3.32. The molecule has 0 aromatic carbocycles. The van der Waals surface area contributed by atoms with Crippen LogP contribution in [0.25, 0.3) is 0 Å². The number of hydrogen-bond acceptors (Lipinski definition) is 3. The zero-order valence-corrected chi connectivity index (χ0v) is 11.3. The van der Waals surface area contributed by atoms with Crippen LogP contribution in [0.15, 0.2) is 0 Å². The van der Waals surface area contributed by atoms with Crippen LogP contribution in [0.3, 0.4) is 0 Å². The van der Waals surface area contributed by atoms with E-state index in [0.29, 0.717) is 19.2 Å². The van der Waals surface area contributed by atoms with Crippen LogP contribution in [-0.4, -0.2) is 79.3 Å². The van der Waals surface area contributed by atoms with Gasteiger partial charge in [-0.05, 0) is 13.8 Å². The third-order valence-corrected chi connectivity index (χ3v) is 3.61. The Morgan fingerprint density at radius 1 is 1.29 bits per heavy atom. The van der Waals surface area contributed by atoms with Crippen molar-refractivity contribution in [3.05, 3.63) is 0 Å². The number of hydrogen-bond donors (Lipinski definition) is 0. The number of nitrogens with zero attached hydrogens (tertiary/aromatic N) is 3. The van der Waals surface area contributed by atoms with Gasteiger partial charge in [0.05, 0.1) is 13.2 Å². The summed E-state index contributed by atoms with van der Waals surface area (Å²) in [5.74, 6) is 0. The highest BCUT2D eigenvalue weighted by molar-refractivity contribution is 5.74. The summed E-state index contributed by atoms with van der Waals surface area (Å²) in [4.78, 5) is 17.8. The first-order valence-corrected chi connectivity index (χ1v) is 6.28. The molecule has 5 nitrogen and oxygen atoms in total. The number of urea groups is 1. The van der Waals surface area contributed by atoms with Gasteiger partial charge in [-0.1, -0.05) is 0 Å². The van der Waals surface area contributed by atoms with E-state index in [1.807, 2.05) is 4.90 Å². The first-order chi connectivity index (χ1) is 7.93. The monoisotopic (exact) mass is 241 g/mol. The minimum Gasteiger partial charge on any atom is -0.369 e. The molecule has 0 aromatic rings. The van der Waals surface area contributed by atoms with Crippen molar-refractivity contribution in [2.45, 2.75) is 25.5 Å². The highest BCUT2D eigenvalue weighted by atomic mass is 16.5. The normalized spacial score (nSPS) is 23.9. The summed E-state index contributed by atoms with van der Waals surface area (Å²) < 4.78 is 5.89. The van der Waals surface area contributed by atoms with Gasteiger partial charge in [0.25, 0.3) is 0 Å². The molecule has 0 aliphatic carbocycles. The van der Waals surface area contributed by atoms with Gasteiger partial charge < -0.3 is 14.5 Å². The quantitative estimate of drug-likeness (QED) is 0.669. The molecule has 2 saturated heterocycles. The van der Waals surface area contributed by atoms with Crippen LogP contribution in [0.5, 0.6) is 0 Å². The van der Waals surface area contributed by atoms with E-state index >= 15 is 0 Å². The highest BCUT2D eigenvalue weighted by Gasteiger charge is 2.48. The molecule has 0 bridgehead atoms. The first kappa shape index (κ1) is 12.6.